The molecule has 6 nitrogen and oxygen atoms in total. The predicted octanol–water partition coefficient (Wildman–Crippen LogP) is 3.45. The van der Waals surface area contributed by atoms with Crippen molar-refractivity contribution >= 4 is 29.9 Å². The summed E-state index contributed by atoms with van der Waals surface area (Å²) in [4.78, 5) is 9.02. The van der Waals surface area contributed by atoms with Crippen LogP contribution in [0.25, 0.3) is 5.82 Å². The molecule has 3 aromatic rings. The second-order valence-electron chi connectivity index (χ2n) is 6.01. The molecule has 0 atom stereocenters. The average Bonchev–Trinajstić information content (AvgIpc) is 3.20. The molecule has 0 bridgehead atoms. The Morgan fingerprint density at radius 1 is 1.07 bits per heavy atom. The monoisotopic (exact) mass is 476 g/mol. The lowest BCUT2D eigenvalue weighted by atomic mass is 10.1. The zero-order valence-corrected chi connectivity index (χ0v) is 17.9. The number of rotatable bonds is 6. The number of halogens is 1. The number of guanidine groups is 1. The van der Waals surface area contributed by atoms with Crippen molar-refractivity contribution in [3.05, 3.63) is 77.7 Å². The van der Waals surface area contributed by atoms with Gasteiger partial charge in [0.2, 0.25) is 0 Å². The molecule has 0 unspecified atom stereocenters. The van der Waals surface area contributed by atoms with Crippen molar-refractivity contribution in [3.8, 4) is 5.82 Å². The quantitative estimate of drug-likeness (QED) is 0.325. The summed E-state index contributed by atoms with van der Waals surface area (Å²) >= 11 is 0. The van der Waals surface area contributed by atoms with E-state index in [9.17, 15) is 0 Å². The van der Waals surface area contributed by atoms with Gasteiger partial charge in [0, 0.05) is 31.7 Å². The summed E-state index contributed by atoms with van der Waals surface area (Å²) in [5, 5.41) is 10.9. The smallest absolute Gasteiger partial charge is 0.191 e. The van der Waals surface area contributed by atoms with Gasteiger partial charge in [-0.3, -0.25) is 0 Å². The largest absolute Gasteiger partial charge is 0.357 e. The molecule has 1 aromatic carbocycles. The van der Waals surface area contributed by atoms with Gasteiger partial charge >= 0.3 is 0 Å². The molecule has 7 heteroatoms. The van der Waals surface area contributed by atoms with E-state index in [1.807, 2.05) is 24.4 Å². The highest BCUT2D eigenvalue weighted by Gasteiger charge is 2.02. The number of aryl methyl sites for hydroxylation is 1. The Morgan fingerprint density at radius 3 is 2.59 bits per heavy atom. The summed E-state index contributed by atoms with van der Waals surface area (Å²) in [6.45, 7) is 6.27. The van der Waals surface area contributed by atoms with Gasteiger partial charge in [-0.15, -0.1) is 24.0 Å². The van der Waals surface area contributed by atoms with E-state index in [-0.39, 0.29) is 24.0 Å². The van der Waals surface area contributed by atoms with Crippen LogP contribution < -0.4 is 10.6 Å². The molecule has 0 spiro atoms. The van der Waals surface area contributed by atoms with E-state index in [0.717, 1.165) is 30.4 Å². The molecule has 0 aliphatic heterocycles. The number of benzene rings is 1. The van der Waals surface area contributed by atoms with E-state index in [2.05, 4.69) is 63.8 Å². The van der Waals surface area contributed by atoms with Crippen LogP contribution in [0.15, 0.2) is 66.0 Å². The van der Waals surface area contributed by atoms with Gasteiger partial charge in [-0.2, -0.15) is 5.10 Å². The maximum Gasteiger partial charge on any atom is 0.191 e. The maximum absolute atomic E-state index is 4.68. The molecule has 27 heavy (non-hydrogen) atoms. The van der Waals surface area contributed by atoms with E-state index in [0.29, 0.717) is 6.54 Å². The second kappa shape index (κ2) is 10.7. The summed E-state index contributed by atoms with van der Waals surface area (Å²) in [6, 6.07) is 14.4. The van der Waals surface area contributed by atoms with Crippen molar-refractivity contribution < 1.29 is 0 Å². The van der Waals surface area contributed by atoms with Gasteiger partial charge in [0.1, 0.15) is 0 Å². The molecule has 0 saturated carbocycles. The average molecular weight is 476 g/mol. The Kier molecular flexibility index (Phi) is 8.25. The van der Waals surface area contributed by atoms with E-state index in [1.54, 1.807) is 17.1 Å². The standard InChI is InChI=1S/C20H24N6.HI/c1-3-21-20(23-14-17-7-5-16(2)6-8-17)24-15-18-9-11-22-19(13-18)26-12-4-10-25-26;/h4-13H,3,14-15H2,1-2H3,(H2,21,23,24);1H. The van der Waals surface area contributed by atoms with Crippen molar-refractivity contribution in [1.82, 2.24) is 25.4 Å². The predicted molar refractivity (Wildman–Crippen MR) is 120 cm³/mol. The maximum atomic E-state index is 4.68. The molecule has 0 aliphatic carbocycles. The number of aromatic nitrogens is 3. The Morgan fingerprint density at radius 2 is 1.89 bits per heavy atom. The summed E-state index contributed by atoms with van der Waals surface area (Å²) in [5.41, 5.74) is 3.57. The highest BCUT2D eigenvalue weighted by molar-refractivity contribution is 14.0. The van der Waals surface area contributed by atoms with Gasteiger partial charge < -0.3 is 10.6 Å². The molecule has 0 amide bonds. The minimum absolute atomic E-state index is 0. The third-order valence-electron chi connectivity index (χ3n) is 3.89. The molecule has 0 fully saturated rings. The van der Waals surface area contributed by atoms with Crippen LogP contribution in [0.4, 0.5) is 0 Å². The number of nitrogens with one attached hydrogen (secondary N) is 2. The van der Waals surface area contributed by atoms with Crippen LogP contribution in [0.2, 0.25) is 0 Å². The fourth-order valence-corrected chi connectivity index (χ4v) is 2.49. The van der Waals surface area contributed by atoms with Gasteiger partial charge in [0.15, 0.2) is 11.8 Å². The highest BCUT2D eigenvalue weighted by Crippen LogP contribution is 2.07. The molecule has 0 aliphatic rings. The van der Waals surface area contributed by atoms with Gasteiger partial charge in [0.25, 0.3) is 0 Å². The molecule has 0 radical (unpaired) electrons. The Hall–Kier alpha value is -2.42. The summed E-state index contributed by atoms with van der Waals surface area (Å²) in [7, 11) is 0. The lowest BCUT2D eigenvalue weighted by Crippen LogP contribution is -2.36. The normalized spacial score (nSPS) is 11.0. The second-order valence-corrected chi connectivity index (χ2v) is 6.01. The van der Waals surface area contributed by atoms with E-state index < -0.39 is 0 Å². The lowest BCUT2D eigenvalue weighted by Gasteiger charge is -2.12. The summed E-state index contributed by atoms with van der Waals surface area (Å²) in [6.07, 6.45) is 5.40. The highest BCUT2D eigenvalue weighted by atomic mass is 127. The van der Waals surface area contributed by atoms with Crippen LogP contribution in [0.5, 0.6) is 0 Å². The molecule has 0 saturated heterocycles. The first-order valence-electron chi connectivity index (χ1n) is 8.77. The van der Waals surface area contributed by atoms with Crippen LogP contribution in [0.1, 0.15) is 23.6 Å². The number of hydrogen-bond donors (Lipinski definition) is 2. The topological polar surface area (TPSA) is 67.1 Å². The summed E-state index contributed by atoms with van der Waals surface area (Å²) < 4.78 is 1.74. The molecule has 142 valence electrons. The molecule has 2 heterocycles. The van der Waals surface area contributed by atoms with E-state index in [1.165, 1.54) is 11.1 Å². The first-order chi connectivity index (χ1) is 12.7. The van der Waals surface area contributed by atoms with Gasteiger partial charge in [-0.1, -0.05) is 29.8 Å². The first kappa shape index (κ1) is 20.9. The number of aliphatic imine (C=N–C) groups is 1. The van der Waals surface area contributed by atoms with Crippen molar-refractivity contribution in [1.29, 1.82) is 0 Å². The van der Waals surface area contributed by atoms with Gasteiger partial charge in [0.05, 0.1) is 6.54 Å². The van der Waals surface area contributed by atoms with Crippen molar-refractivity contribution in [2.24, 2.45) is 4.99 Å². The molecule has 3 rings (SSSR count). The van der Waals surface area contributed by atoms with Crippen LogP contribution in [-0.2, 0) is 13.1 Å². The Bertz CT molecular complexity index is 843. The first-order valence-corrected chi connectivity index (χ1v) is 8.77. The lowest BCUT2D eigenvalue weighted by molar-refractivity contribution is 0.812. The fourth-order valence-electron chi connectivity index (χ4n) is 2.49. The van der Waals surface area contributed by atoms with Crippen molar-refractivity contribution in [2.45, 2.75) is 26.9 Å². The summed E-state index contributed by atoms with van der Waals surface area (Å²) in [5.74, 6) is 1.59. The SMILES string of the molecule is CCNC(=NCc1ccnc(-n2cccn2)c1)NCc1ccc(C)cc1.I. The third kappa shape index (κ3) is 6.35. The Balaban J connectivity index is 0.00000261. The van der Waals surface area contributed by atoms with Gasteiger partial charge in [-0.25, -0.2) is 14.7 Å². The Labute approximate surface area is 177 Å². The number of nitrogens with zero attached hydrogens (tertiary/aromatic N) is 4. The molecular weight excluding hydrogens is 451 g/mol. The van der Waals surface area contributed by atoms with Crippen LogP contribution in [0, 0.1) is 6.92 Å². The number of hydrogen-bond acceptors (Lipinski definition) is 3. The van der Waals surface area contributed by atoms with Gasteiger partial charge in [-0.05, 0) is 43.2 Å². The van der Waals surface area contributed by atoms with Crippen molar-refractivity contribution in [3.63, 3.8) is 0 Å². The zero-order valence-electron chi connectivity index (χ0n) is 15.6. The number of pyridine rings is 1. The third-order valence-corrected chi connectivity index (χ3v) is 3.89. The molecule has 2 N–H and O–H groups in total. The van der Waals surface area contributed by atoms with Crippen LogP contribution in [-0.4, -0.2) is 27.3 Å². The van der Waals surface area contributed by atoms with E-state index >= 15 is 0 Å². The van der Waals surface area contributed by atoms with Crippen LogP contribution >= 0.6 is 24.0 Å². The van der Waals surface area contributed by atoms with Crippen molar-refractivity contribution in [2.75, 3.05) is 6.54 Å². The molecular formula is C20H25IN6. The minimum Gasteiger partial charge on any atom is -0.357 e. The minimum atomic E-state index is 0. The van der Waals surface area contributed by atoms with Crippen LogP contribution in [0.3, 0.4) is 0 Å². The molecule has 2 aromatic heterocycles. The fraction of sp³-hybridized carbons (Fsp3) is 0.250. The van der Waals surface area contributed by atoms with E-state index in [4.69, 9.17) is 0 Å². The zero-order chi connectivity index (χ0) is 18.2.